The van der Waals surface area contributed by atoms with E-state index in [1.165, 1.54) is 0 Å². The van der Waals surface area contributed by atoms with Gasteiger partial charge in [-0.3, -0.25) is 4.98 Å². The Bertz CT molecular complexity index is 519. The Kier molecular flexibility index (Phi) is 2.68. The second-order valence-corrected chi connectivity index (χ2v) is 4.80. The minimum Gasteiger partial charge on any atom is -0.264 e. The van der Waals surface area contributed by atoms with Crippen LogP contribution < -0.4 is 0 Å². The second-order valence-electron chi connectivity index (χ2n) is 3.76. The van der Waals surface area contributed by atoms with E-state index in [0.29, 0.717) is 0 Å². The minimum absolute atomic E-state index is 0.791. The molecular weight excluding hydrogens is 232 g/mol. The van der Waals surface area contributed by atoms with Crippen LogP contribution >= 0.6 is 11.8 Å². The van der Waals surface area contributed by atoms with Crippen LogP contribution in [0.1, 0.15) is 18.9 Å². The van der Waals surface area contributed by atoms with Gasteiger partial charge in [-0.15, -0.1) is 0 Å². The molecule has 4 nitrogen and oxygen atoms in total. The molecule has 0 radical (unpaired) electrons. The predicted molar refractivity (Wildman–Crippen MR) is 71.7 cm³/mol. The molecule has 0 fully saturated rings. The van der Waals surface area contributed by atoms with Gasteiger partial charge >= 0.3 is 0 Å². The topological polar surface area (TPSA) is 40.9 Å². The highest BCUT2D eigenvalue weighted by molar-refractivity contribution is 8.26. The van der Waals surface area contributed by atoms with E-state index in [1.807, 2.05) is 23.3 Å². The van der Waals surface area contributed by atoms with Gasteiger partial charge in [0.05, 0.1) is 12.2 Å². The van der Waals surface area contributed by atoms with Crippen LogP contribution in [0, 0.1) is 0 Å². The predicted octanol–water partition coefficient (Wildman–Crippen LogP) is 2.56. The lowest BCUT2D eigenvalue weighted by Crippen LogP contribution is -2.22. The van der Waals surface area contributed by atoms with E-state index < -0.39 is 0 Å². The number of aromatic nitrogens is 1. The summed E-state index contributed by atoms with van der Waals surface area (Å²) in [6.45, 7) is 2.90. The zero-order valence-electron chi connectivity index (χ0n) is 9.50. The molecular formula is C12H12N4S. The fourth-order valence-corrected chi connectivity index (χ4v) is 2.58. The SMILES string of the molecule is CCC1=NN2CC=C(c3cccnc3)N=C2S1. The van der Waals surface area contributed by atoms with Crippen molar-refractivity contribution < 1.29 is 0 Å². The van der Waals surface area contributed by atoms with Crippen LogP contribution in [-0.2, 0) is 0 Å². The summed E-state index contributed by atoms with van der Waals surface area (Å²) in [5, 5.41) is 8.53. The van der Waals surface area contributed by atoms with Crippen molar-refractivity contribution in [2.75, 3.05) is 6.54 Å². The summed E-state index contributed by atoms with van der Waals surface area (Å²) in [5.41, 5.74) is 2.05. The number of rotatable bonds is 2. The Morgan fingerprint density at radius 2 is 2.41 bits per heavy atom. The van der Waals surface area contributed by atoms with Crippen LogP contribution in [0.15, 0.2) is 40.7 Å². The van der Waals surface area contributed by atoms with Crippen molar-refractivity contribution in [2.24, 2.45) is 10.1 Å². The number of aliphatic imine (C=N–C) groups is 1. The van der Waals surface area contributed by atoms with Gasteiger partial charge in [0.1, 0.15) is 5.04 Å². The largest absolute Gasteiger partial charge is 0.264 e. The Morgan fingerprint density at radius 3 is 3.18 bits per heavy atom. The summed E-state index contributed by atoms with van der Waals surface area (Å²) >= 11 is 1.66. The average molecular weight is 244 g/mol. The highest BCUT2D eigenvalue weighted by Crippen LogP contribution is 2.29. The van der Waals surface area contributed by atoms with Crippen LogP contribution in [0.4, 0.5) is 0 Å². The van der Waals surface area contributed by atoms with Gasteiger partial charge in [0.25, 0.3) is 0 Å². The molecule has 0 amide bonds. The molecule has 1 aromatic rings. The van der Waals surface area contributed by atoms with E-state index in [1.54, 1.807) is 18.0 Å². The quantitative estimate of drug-likeness (QED) is 0.802. The van der Waals surface area contributed by atoms with Gasteiger partial charge in [-0.25, -0.2) is 10.0 Å². The number of hydrazone groups is 1. The summed E-state index contributed by atoms with van der Waals surface area (Å²) in [7, 11) is 0. The molecule has 0 aromatic carbocycles. The van der Waals surface area contributed by atoms with Gasteiger partial charge in [0, 0.05) is 18.0 Å². The van der Waals surface area contributed by atoms with Gasteiger partial charge < -0.3 is 0 Å². The zero-order chi connectivity index (χ0) is 11.7. The molecule has 0 spiro atoms. The van der Waals surface area contributed by atoms with Crippen molar-refractivity contribution >= 4 is 27.7 Å². The highest BCUT2D eigenvalue weighted by Gasteiger charge is 2.24. The van der Waals surface area contributed by atoms with Gasteiger partial charge in [0.15, 0.2) is 5.17 Å². The van der Waals surface area contributed by atoms with Gasteiger partial charge in [0.2, 0.25) is 0 Å². The number of nitrogens with zero attached hydrogens (tertiary/aromatic N) is 4. The van der Waals surface area contributed by atoms with E-state index >= 15 is 0 Å². The van der Waals surface area contributed by atoms with E-state index in [2.05, 4.69) is 28.1 Å². The number of amidine groups is 1. The number of pyridine rings is 1. The van der Waals surface area contributed by atoms with Crippen molar-refractivity contribution in [3.63, 3.8) is 0 Å². The molecule has 1 aromatic heterocycles. The van der Waals surface area contributed by atoms with E-state index in [-0.39, 0.29) is 0 Å². The first-order valence-corrected chi connectivity index (χ1v) is 6.40. The molecule has 0 saturated heterocycles. The minimum atomic E-state index is 0.791. The highest BCUT2D eigenvalue weighted by atomic mass is 32.2. The molecule has 0 saturated carbocycles. The van der Waals surface area contributed by atoms with Crippen molar-refractivity contribution in [3.8, 4) is 0 Å². The van der Waals surface area contributed by atoms with Gasteiger partial charge in [-0.05, 0) is 36.4 Å². The number of thioether (sulfide) groups is 1. The lowest BCUT2D eigenvalue weighted by Gasteiger charge is -2.17. The van der Waals surface area contributed by atoms with Crippen LogP contribution in [0.3, 0.4) is 0 Å². The number of hydrogen-bond acceptors (Lipinski definition) is 5. The Balaban J connectivity index is 1.87. The molecule has 0 unspecified atom stereocenters. The zero-order valence-corrected chi connectivity index (χ0v) is 10.3. The number of hydrogen-bond donors (Lipinski definition) is 0. The normalized spacial score (nSPS) is 18.4. The number of fused-ring (bicyclic) bond motifs is 1. The van der Waals surface area contributed by atoms with Crippen molar-refractivity contribution in [1.29, 1.82) is 0 Å². The molecule has 5 heteroatoms. The van der Waals surface area contributed by atoms with E-state index in [0.717, 1.165) is 34.4 Å². The standard InChI is InChI=1S/C12H12N4S/c1-2-11-15-16-7-5-10(14-12(16)17-11)9-4-3-6-13-8-9/h3-6,8H,2,7H2,1H3. The third-order valence-corrected chi connectivity index (χ3v) is 3.69. The van der Waals surface area contributed by atoms with Crippen molar-refractivity contribution in [3.05, 3.63) is 36.2 Å². The molecule has 17 heavy (non-hydrogen) atoms. The third-order valence-electron chi connectivity index (χ3n) is 2.60. The molecule has 0 atom stereocenters. The molecule has 2 aliphatic heterocycles. The molecule has 3 heterocycles. The molecule has 0 N–H and O–H groups in total. The lowest BCUT2D eigenvalue weighted by atomic mass is 10.2. The fraction of sp³-hybridized carbons (Fsp3) is 0.250. The first-order valence-electron chi connectivity index (χ1n) is 5.59. The van der Waals surface area contributed by atoms with Gasteiger partial charge in [-0.1, -0.05) is 6.92 Å². The third kappa shape index (κ3) is 1.98. The fourth-order valence-electron chi connectivity index (χ4n) is 1.72. The molecule has 3 rings (SSSR count). The monoisotopic (exact) mass is 244 g/mol. The summed E-state index contributed by atoms with van der Waals surface area (Å²) in [5.74, 6) is 0. The second kappa shape index (κ2) is 4.33. The lowest BCUT2D eigenvalue weighted by molar-refractivity contribution is 0.505. The maximum atomic E-state index is 4.62. The van der Waals surface area contributed by atoms with Crippen molar-refractivity contribution in [1.82, 2.24) is 9.99 Å². The summed E-state index contributed by atoms with van der Waals surface area (Å²) in [6.07, 6.45) is 6.66. The molecule has 2 aliphatic rings. The Morgan fingerprint density at radius 1 is 1.47 bits per heavy atom. The summed E-state index contributed by atoms with van der Waals surface area (Å²) in [6, 6.07) is 3.96. The average Bonchev–Trinajstić information content (AvgIpc) is 2.81. The van der Waals surface area contributed by atoms with E-state index in [4.69, 9.17) is 0 Å². The summed E-state index contributed by atoms with van der Waals surface area (Å²) in [4.78, 5) is 8.74. The molecule has 86 valence electrons. The molecule has 0 bridgehead atoms. The van der Waals surface area contributed by atoms with Crippen LogP contribution in [0.2, 0.25) is 0 Å². The van der Waals surface area contributed by atoms with Crippen LogP contribution in [0.25, 0.3) is 5.70 Å². The Hall–Kier alpha value is -1.62. The maximum absolute atomic E-state index is 4.62. The first kappa shape index (κ1) is 10.5. The van der Waals surface area contributed by atoms with E-state index in [9.17, 15) is 0 Å². The Labute approximate surface area is 104 Å². The van der Waals surface area contributed by atoms with Crippen molar-refractivity contribution in [2.45, 2.75) is 13.3 Å². The smallest absolute Gasteiger partial charge is 0.191 e. The summed E-state index contributed by atoms with van der Waals surface area (Å²) < 4.78 is 0. The van der Waals surface area contributed by atoms with Gasteiger partial charge in [-0.2, -0.15) is 5.10 Å². The van der Waals surface area contributed by atoms with Crippen LogP contribution in [-0.4, -0.2) is 26.7 Å². The van der Waals surface area contributed by atoms with Crippen LogP contribution in [0.5, 0.6) is 0 Å². The first-order chi connectivity index (χ1) is 8.36. The maximum Gasteiger partial charge on any atom is 0.191 e. The molecule has 0 aliphatic carbocycles.